The average Bonchev–Trinajstić information content (AvgIpc) is 3.32. The van der Waals surface area contributed by atoms with Gasteiger partial charge in [0, 0.05) is 35.5 Å². The molecule has 7 heteroatoms. The summed E-state index contributed by atoms with van der Waals surface area (Å²) in [5.74, 6) is 0.860. The Morgan fingerprint density at radius 2 is 2.07 bits per heavy atom. The molecule has 2 unspecified atom stereocenters. The highest BCUT2D eigenvalue weighted by atomic mass is 16.5. The van der Waals surface area contributed by atoms with Crippen molar-refractivity contribution in [3.8, 4) is 16.9 Å². The Morgan fingerprint density at radius 3 is 2.73 bits per heavy atom. The fourth-order valence-electron chi connectivity index (χ4n) is 4.92. The van der Waals surface area contributed by atoms with Crippen molar-refractivity contribution in [2.75, 3.05) is 25.0 Å². The Kier molecular flexibility index (Phi) is 4.93. The van der Waals surface area contributed by atoms with Gasteiger partial charge in [0.15, 0.2) is 0 Å². The second-order valence-electron chi connectivity index (χ2n) is 9.06. The largest absolute Gasteiger partial charge is 0.489 e. The Hall–Kier alpha value is -2.54. The SMILES string of the molecule is CC1CCc2c(ccc(-c3cnn(C4CCN(C)C4)c3)c2OC2CCC2)N1C(=O)O. The van der Waals surface area contributed by atoms with Gasteiger partial charge < -0.3 is 14.7 Å². The number of rotatable bonds is 4. The third-order valence-electron chi connectivity index (χ3n) is 6.94. The van der Waals surface area contributed by atoms with E-state index in [0.717, 1.165) is 73.3 Å². The van der Waals surface area contributed by atoms with Crippen molar-refractivity contribution in [3.63, 3.8) is 0 Å². The average molecular weight is 411 g/mol. The predicted molar refractivity (Wildman–Crippen MR) is 115 cm³/mol. The minimum Gasteiger partial charge on any atom is -0.489 e. The topological polar surface area (TPSA) is 70.8 Å². The van der Waals surface area contributed by atoms with Gasteiger partial charge in [-0.2, -0.15) is 5.10 Å². The van der Waals surface area contributed by atoms with Crippen LogP contribution in [0, 0.1) is 0 Å². The summed E-state index contributed by atoms with van der Waals surface area (Å²) >= 11 is 0. The van der Waals surface area contributed by atoms with Crippen molar-refractivity contribution in [3.05, 3.63) is 30.1 Å². The molecule has 0 spiro atoms. The highest BCUT2D eigenvalue weighted by Gasteiger charge is 2.33. The number of likely N-dealkylation sites (tertiary alicyclic amines) is 1. The first-order valence-electron chi connectivity index (χ1n) is 11.1. The first-order chi connectivity index (χ1) is 14.5. The second kappa shape index (κ2) is 7.61. The van der Waals surface area contributed by atoms with E-state index < -0.39 is 6.09 Å². The van der Waals surface area contributed by atoms with Crippen molar-refractivity contribution in [1.82, 2.24) is 14.7 Å². The summed E-state index contributed by atoms with van der Waals surface area (Å²) < 4.78 is 8.56. The summed E-state index contributed by atoms with van der Waals surface area (Å²) in [5, 5.41) is 14.4. The summed E-state index contributed by atoms with van der Waals surface area (Å²) in [6, 6.07) is 4.34. The van der Waals surface area contributed by atoms with Crippen molar-refractivity contribution in [2.24, 2.45) is 0 Å². The molecule has 30 heavy (non-hydrogen) atoms. The van der Waals surface area contributed by atoms with E-state index in [0.29, 0.717) is 6.04 Å². The summed E-state index contributed by atoms with van der Waals surface area (Å²) in [6.45, 7) is 4.08. The quantitative estimate of drug-likeness (QED) is 0.819. The van der Waals surface area contributed by atoms with Crippen molar-refractivity contribution >= 4 is 11.8 Å². The maximum absolute atomic E-state index is 11.9. The fraction of sp³-hybridized carbons (Fsp3) is 0.565. The van der Waals surface area contributed by atoms with Crippen LogP contribution in [0.1, 0.15) is 50.6 Å². The van der Waals surface area contributed by atoms with Gasteiger partial charge in [0.2, 0.25) is 0 Å². The van der Waals surface area contributed by atoms with Crippen LogP contribution >= 0.6 is 0 Å². The van der Waals surface area contributed by atoms with Gasteiger partial charge in [-0.15, -0.1) is 0 Å². The minimum absolute atomic E-state index is 0.0282. The van der Waals surface area contributed by atoms with Crippen molar-refractivity contribution < 1.29 is 14.6 Å². The van der Waals surface area contributed by atoms with Crippen LogP contribution in [0.5, 0.6) is 5.75 Å². The van der Waals surface area contributed by atoms with Crippen LogP contribution in [-0.4, -0.2) is 58.2 Å². The molecule has 1 aromatic carbocycles. The Balaban J connectivity index is 1.55. The number of benzene rings is 1. The van der Waals surface area contributed by atoms with E-state index in [1.165, 1.54) is 11.3 Å². The lowest BCUT2D eigenvalue weighted by Crippen LogP contribution is -2.41. The zero-order chi connectivity index (χ0) is 20.8. The molecule has 3 aliphatic rings. The molecule has 0 radical (unpaired) electrons. The summed E-state index contributed by atoms with van der Waals surface area (Å²) in [7, 11) is 2.15. The molecule has 0 bridgehead atoms. The summed E-state index contributed by atoms with van der Waals surface area (Å²) in [5.41, 5.74) is 3.86. The van der Waals surface area contributed by atoms with E-state index in [1.807, 2.05) is 25.3 Å². The third kappa shape index (κ3) is 3.35. The van der Waals surface area contributed by atoms with Gasteiger partial charge >= 0.3 is 6.09 Å². The number of carboxylic acid groups (broad SMARTS) is 1. The molecule has 7 nitrogen and oxygen atoms in total. The number of amides is 1. The van der Waals surface area contributed by atoms with E-state index in [2.05, 4.69) is 27.9 Å². The van der Waals surface area contributed by atoms with Gasteiger partial charge in [-0.25, -0.2) is 4.79 Å². The maximum Gasteiger partial charge on any atom is 0.412 e. The van der Waals surface area contributed by atoms with Crippen molar-refractivity contribution in [1.29, 1.82) is 0 Å². The van der Waals surface area contributed by atoms with Gasteiger partial charge in [0.05, 0.1) is 24.0 Å². The smallest absolute Gasteiger partial charge is 0.412 e. The molecule has 1 aliphatic carbocycles. The Morgan fingerprint density at radius 1 is 1.23 bits per heavy atom. The number of anilines is 1. The monoisotopic (exact) mass is 410 g/mol. The zero-order valence-electron chi connectivity index (χ0n) is 17.8. The van der Waals surface area contributed by atoms with Gasteiger partial charge in [-0.3, -0.25) is 9.58 Å². The molecule has 1 N–H and O–H groups in total. The Labute approximate surface area is 177 Å². The molecular weight excluding hydrogens is 380 g/mol. The number of ether oxygens (including phenoxy) is 1. The predicted octanol–water partition coefficient (Wildman–Crippen LogP) is 4.18. The normalized spacial score (nSPS) is 24.5. The van der Waals surface area contributed by atoms with E-state index in [9.17, 15) is 9.90 Å². The standard InChI is InChI=1S/C23H30N4O3/c1-15-6-7-20-21(27(15)23(28)29)9-8-19(22(20)30-18-4-3-5-18)16-12-24-26(13-16)17-10-11-25(2)14-17/h8-9,12-13,15,17-18H,3-7,10-11,14H2,1-2H3,(H,28,29). The highest BCUT2D eigenvalue weighted by molar-refractivity contribution is 5.91. The highest BCUT2D eigenvalue weighted by Crippen LogP contribution is 2.44. The molecule has 1 aromatic heterocycles. The molecule has 2 fully saturated rings. The molecule has 5 rings (SSSR count). The second-order valence-corrected chi connectivity index (χ2v) is 9.06. The number of aromatic nitrogens is 2. The lowest BCUT2D eigenvalue weighted by molar-refractivity contribution is 0.119. The van der Waals surface area contributed by atoms with Gasteiger partial charge in [-0.1, -0.05) is 0 Å². The number of hydrogen-bond acceptors (Lipinski definition) is 4. The fourth-order valence-corrected chi connectivity index (χ4v) is 4.92. The number of carbonyl (C=O) groups is 1. The Bertz CT molecular complexity index is 952. The molecule has 3 heterocycles. The molecule has 1 saturated heterocycles. The van der Waals surface area contributed by atoms with E-state index in [1.54, 1.807) is 0 Å². The van der Waals surface area contributed by atoms with Crippen LogP contribution in [0.15, 0.2) is 24.5 Å². The first-order valence-corrected chi connectivity index (χ1v) is 11.1. The molecule has 2 aliphatic heterocycles. The van der Waals surface area contributed by atoms with Crippen LogP contribution in [0.2, 0.25) is 0 Å². The van der Waals surface area contributed by atoms with Gasteiger partial charge in [0.1, 0.15) is 5.75 Å². The zero-order valence-corrected chi connectivity index (χ0v) is 17.8. The van der Waals surface area contributed by atoms with Gasteiger partial charge in [0.25, 0.3) is 0 Å². The molecular formula is C23H30N4O3. The van der Waals surface area contributed by atoms with Gasteiger partial charge in [-0.05, 0) is 71.2 Å². The lowest BCUT2D eigenvalue weighted by atomic mass is 9.91. The lowest BCUT2D eigenvalue weighted by Gasteiger charge is -2.36. The summed E-state index contributed by atoms with van der Waals surface area (Å²) in [4.78, 5) is 15.8. The number of hydrogen-bond donors (Lipinski definition) is 1. The third-order valence-corrected chi connectivity index (χ3v) is 6.94. The number of fused-ring (bicyclic) bond motifs is 1. The number of nitrogens with zero attached hydrogens (tertiary/aromatic N) is 4. The van der Waals surface area contributed by atoms with Crippen molar-refractivity contribution in [2.45, 2.75) is 63.6 Å². The van der Waals surface area contributed by atoms with Crippen LogP contribution in [0.25, 0.3) is 11.1 Å². The molecule has 2 atom stereocenters. The minimum atomic E-state index is -0.899. The van der Waals surface area contributed by atoms with E-state index >= 15 is 0 Å². The first kappa shape index (κ1) is 19.4. The van der Waals surface area contributed by atoms with Crippen LogP contribution in [-0.2, 0) is 6.42 Å². The molecule has 160 valence electrons. The molecule has 1 saturated carbocycles. The maximum atomic E-state index is 11.9. The summed E-state index contributed by atoms with van der Waals surface area (Å²) in [6.07, 6.45) is 9.45. The van der Waals surface area contributed by atoms with Crippen LogP contribution in [0.3, 0.4) is 0 Å². The van der Waals surface area contributed by atoms with Crippen LogP contribution in [0.4, 0.5) is 10.5 Å². The number of likely N-dealkylation sites (N-methyl/N-ethyl adjacent to an activating group) is 1. The van der Waals surface area contributed by atoms with E-state index in [-0.39, 0.29) is 12.1 Å². The van der Waals surface area contributed by atoms with E-state index in [4.69, 9.17) is 4.74 Å². The molecule has 1 amide bonds. The molecule has 2 aromatic rings. The van der Waals surface area contributed by atoms with Crippen LogP contribution < -0.4 is 9.64 Å².